The Bertz CT molecular complexity index is 532. The molecule has 2 fully saturated rings. The molecule has 3 rings (SSSR count). The SMILES string of the molecule is COc1ccc(C(=O)C2CC3CCC(C2)N3C)c(OC)n1. The number of hydrogen-bond acceptors (Lipinski definition) is 5. The molecule has 5 nitrogen and oxygen atoms in total. The molecule has 0 radical (unpaired) electrons. The largest absolute Gasteiger partial charge is 0.481 e. The van der Waals surface area contributed by atoms with Gasteiger partial charge in [-0.05, 0) is 38.8 Å². The highest BCUT2D eigenvalue weighted by Crippen LogP contribution is 2.39. The fourth-order valence-electron chi connectivity index (χ4n) is 3.73. The van der Waals surface area contributed by atoms with Crippen molar-refractivity contribution in [1.29, 1.82) is 0 Å². The van der Waals surface area contributed by atoms with Crippen molar-refractivity contribution in [2.45, 2.75) is 37.8 Å². The standard InChI is InChI=1S/C16H22N2O3/c1-18-11-4-5-12(18)9-10(8-11)15(19)13-6-7-14(20-2)17-16(13)21-3/h6-7,10-12H,4-5,8-9H2,1-3H3. The van der Waals surface area contributed by atoms with E-state index < -0.39 is 0 Å². The van der Waals surface area contributed by atoms with Crippen molar-refractivity contribution in [1.82, 2.24) is 9.88 Å². The number of ether oxygens (including phenoxy) is 2. The number of nitrogens with zero attached hydrogens (tertiary/aromatic N) is 2. The molecule has 2 unspecified atom stereocenters. The van der Waals surface area contributed by atoms with Crippen LogP contribution in [-0.4, -0.2) is 49.0 Å². The topological polar surface area (TPSA) is 51.7 Å². The van der Waals surface area contributed by atoms with Crippen LogP contribution in [0, 0.1) is 5.92 Å². The first-order chi connectivity index (χ1) is 10.1. The van der Waals surface area contributed by atoms with E-state index in [9.17, 15) is 4.79 Å². The minimum Gasteiger partial charge on any atom is -0.481 e. The first kappa shape index (κ1) is 14.3. The third kappa shape index (κ3) is 2.50. The highest BCUT2D eigenvalue weighted by molar-refractivity contribution is 6.00. The molecule has 0 aliphatic carbocycles. The molecule has 5 heteroatoms. The summed E-state index contributed by atoms with van der Waals surface area (Å²) < 4.78 is 10.4. The summed E-state index contributed by atoms with van der Waals surface area (Å²) in [6.45, 7) is 0. The average Bonchev–Trinajstić information content (AvgIpc) is 2.75. The summed E-state index contributed by atoms with van der Waals surface area (Å²) in [4.78, 5) is 19.5. The Hall–Kier alpha value is -1.62. The predicted molar refractivity (Wildman–Crippen MR) is 79.0 cm³/mol. The number of pyridine rings is 1. The van der Waals surface area contributed by atoms with Gasteiger partial charge in [0.25, 0.3) is 0 Å². The Kier molecular flexibility index (Phi) is 3.85. The third-order valence-corrected chi connectivity index (χ3v) is 4.97. The van der Waals surface area contributed by atoms with Crippen molar-refractivity contribution in [3.63, 3.8) is 0 Å². The van der Waals surface area contributed by atoms with Gasteiger partial charge in [0.05, 0.1) is 19.8 Å². The van der Waals surface area contributed by atoms with E-state index in [2.05, 4.69) is 16.9 Å². The number of ketones is 1. The molecule has 2 bridgehead atoms. The number of methoxy groups -OCH3 is 2. The quantitative estimate of drug-likeness (QED) is 0.795. The number of carbonyl (C=O) groups excluding carboxylic acids is 1. The van der Waals surface area contributed by atoms with Crippen molar-refractivity contribution in [3.05, 3.63) is 17.7 Å². The molecule has 2 atom stereocenters. The summed E-state index contributed by atoms with van der Waals surface area (Å²) >= 11 is 0. The Morgan fingerprint density at radius 1 is 1.19 bits per heavy atom. The Morgan fingerprint density at radius 2 is 1.86 bits per heavy atom. The van der Waals surface area contributed by atoms with Crippen LogP contribution in [0.1, 0.15) is 36.0 Å². The van der Waals surface area contributed by atoms with E-state index in [1.807, 2.05) is 0 Å². The molecule has 2 saturated heterocycles. The zero-order valence-electron chi connectivity index (χ0n) is 12.8. The van der Waals surface area contributed by atoms with E-state index in [4.69, 9.17) is 9.47 Å². The maximum Gasteiger partial charge on any atom is 0.227 e. The summed E-state index contributed by atoms with van der Waals surface area (Å²) in [7, 11) is 5.27. The molecule has 21 heavy (non-hydrogen) atoms. The molecular weight excluding hydrogens is 268 g/mol. The number of piperidine rings is 1. The Labute approximate surface area is 125 Å². The number of aromatic nitrogens is 1. The highest BCUT2D eigenvalue weighted by Gasteiger charge is 2.41. The molecule has 1 aromatic rings. The molecule has 114 valence electrons. The van der Waals surface area contributed by atoms with E-state index in [1.165, 1.54) is 20.0 Å². The lowest BCUT2D eigenvalue weighted by Gasteiger charge is -2.35. The van der Waals surface area contributed by atoms with Crippen LogP contribution in [0.5, 0.6) is 11.8 Å². The van der Waals surface area contributed by atoms with Crippen molar-refractivity contribution in [2.24, 2.45) is 5.92 Å². The molecule has 2 aliphatic heterocycles. The lowest BCUT2D eigenvalue weighted by molar-refractivity contribution is 0.0763. The van der Waals surface area contributed by atoms with Crippen LogP contribution in [0.3, 0.4) is 0 Å². The summed E-state index contributed by atoms with van der Waals surface area (Å²) in [5, 5.41) is 0. The Balaban J connectivity index is 1.82. The average molecular weight is 290 g/mol. The van der Waals surface area contributed by atoms with Crippen LogP contribution in [0.4, 0.5) is 0 Å². The van der Waals surface area contributed by atoms with Crippen LogP contribution < -0.4 is 9.47 Å². The van der Waals surface area contributed by atoms with Crippen LogP contribution in [0.2, 0.25) is 0 Å². The summed E-state index contributed by atoms with van der Waals surface area (Å²) in [6, 6.07) is 4.59. The summed E-state index contributed by atoms with van der Waals surface area (Å²) in [5.41, 5.74) is 0.576. The van der Waals surface area contributed by atoms with E-state index in [0.29, 0.717) is 29.4 Å². The number of carbonyl (C=O) groups is 1. The van der Waals surface area contributed by atoms with Crippen LogP contribution in [0.15, 0.2) is 12.1 Å². The molecule has 3 heterocycles. The Morgan fingerprint density at radius 3 is 2.43 bits per heavy atom. The molecule has 0 spiro atoms. The lowest BCUT2D eigenvalue weighted by atomic mass is 9.85. The molecule has 0 saturated carbocycles. The second-order valence-electron chi connectivity index (χ2n) is 5.99. The number of rotatable bonds is 4. The van der Waals surface area contributed by atoms with Crippen LogP contribution in [0.25, 0.3) is 0 Å². The van der Waals surface area contributed by atoms with Gasteiger partial charge in [-0.25, -0.2) is 0 Å². The van der Waals surface area contributed by atoms with E-state index in [1.54, 1.807) is 19.2 Å². The second kappa shape index (κ2) is 5.64. The van der Waals surface area contributed by atoms with Crippen molar-refractivity contribution in [2.75, 3.05) is 21.3 Å². The molecule has 0 amide bonds. The van der Waals surface area contributed by atoms with Crippen molar-refractivity contribution in [3.8, 4) is 11.8 Å². The number of hydrogen-bond donors (Lipinski definition) is 0. The second-order valence-corrected chi connectivity index (χ2v) is 5.99. The van der Waals surface area contributed by atoms with Crippen molar-refractivity contribution >= 4 is 5.78 Å². The van der Waals surface area contributed by atoms with Gasteiger partial charge in [-0.1, -0.05) is 0 Å². The van der Waals surface area contributed by atoms with Gasteiger partial charge in [-0.3, -0.25) is 4.79 Å². The van der Waals surface area contributed by atoms with Crippen molar-refractivity contribution < 1.29 is 14.3 Å². The lowest BCUT2D eigenvalue weighted by Crippen LogP contribution is -2.42. The summed E-state index contributed by atoms with van der Waals surface area (Å²) in [6.07, 6.45) is 4.31. The predicted octanol–water partition coefficient (Wildman–Crippen LogP) is 2.15. The monoisotopic (exact) mass is 290 g/mol. The van der Waals surface area contributed by atoms with E-state index >= 15 is 0 Å². The minimum atomic E-state index is 0.0859. The minimum absolute atomic E-state index is 0.0859. The van der Waals surface area contributed by atoms with Crippen LogP contribution in [-0.2, 0) is 0 Å². The molecule has 0 aromatic carbocycles. The van der Waals surface area contributed by atoms with Gasteiger partial charge in [0.2, 0.25) is 11.8 Å². The highest BCUT2D eigenvalue weighted by atomic mass is 16.5. The first-order valence-electron chi connectivity index (χ1n) is 7.49. The number of Topliss-reactive ketones (excluding diaryl/α,β-unsaturated/α-hetero) is 1. The maximum atomic E-state index is 12.8. The number of fused-ring (bicyclic) bond motifs is 2. The third-order valence-electron chi connectivity index (χ3n) is 4.97. The van der Waals surface area contributed by atoms with Gasteiger partial charge in [0, 0.05) is 24.1 Å². The zero-order chi connectivity index (χ0) is 15.0. The normalized spacial score (nSPS) is 28.4. The van der Waals surface area contributed by atoms with Crippen LogP contribution >= 0.6 is 0 Å². The zero-order valence-corrected chi connectivity index (χ0v) is 12.8. The summed E-state index contributed by atoms with van der Waals surface area (Å²) in [5.74, 6) is 1.08. The van der Waals surface area contributed by atoms with Gasteiger partial charge in [0.1, 0.15) is 0 Å². The van der Waals surface area contributed by atoms with Gasteiger partial charge in [-0.15, -0.1) is 0 Å². The van der Waals surface area contributed by atoms with E-state index in [-0.39, 0.29) is 11.7 Å². The first-order valence-corrected chi connectivity index (χ1v) is 7.49. The van der Waals surface area contributed by atoms with Gasteiger partial charge < -0.3 is 14.4 Å². The molecule has 1 aromatic heterocycles. The molecular formula is C16H22N2O3. The maximum absolute atomic E-state index is 12.8. The van der Waals surface area contributed by atoms with Gasteiger partial charge in [0.15, 0.2) is 5.78 Å². The molecule has 0 N–H and O–H groups in total. The van der Waals surface area contributed by atoms with E-state index in [0.717, 1.165) is 12.8 Å². The smallest absolute Gasteiger partial charge is 0.227 e. The fourth-order valence-corrected chi connectivity index (χ4v) is 3.73. The molecule has 2 aliphatic rings. The van der Waals surface area contributed by atoms with Gasteiger partial charge >= 0.3 is 0 Å². The fraction of sp³-hybridized carbons (Fsp3) is 0.625. The van der Waals surface area contributed by atoms with Gasteiger partial charge in [-0.2, -0.15) is 4.98 Å².